The molecule has 2 amide bonds. The normalized spacial score (nSPS) is 25.0. The first-order chi connectivity index (χ1) is 16.2. The Morgan fingerprint density at radius 3 is 1.64 bits per heavy atom. The van der Waals surface area contributed by atoms with Gasteiger partial charge in [-0.25, -0.2) is 4.90 Å². The van der Waals surface area contributed by atoms with Crippen LogP contribution in [0.25, 0.3) is 5.57 Å². The highest BCUT2D eigenvalue weighted by Gasteiger charge is 2.62. The summed E-state index contributed by atoms with van der Waals surface area (Å²) in [5, 5.41) is 0. The lowest BCUT2D eigenvalue weighted by molar-refractivity contribution is -0.122. The van der Waals surface area contributed by atoms with E-state index >= 15 is 0 Å². The molecular formula is C29H23NO3. The molecule has 2 aliphatic carbocycles. The second kappa shape index (κ2) is 7.59. The van der Waals surface area contributed by atoms with Gasteiger partial charge in [-0.1, -0.05) is 72.8 Å². The van der Waals surface area contributed by atoms with E-state index in [0.717, 1.165) is 16.7 Å². The minimum absolute atomic E-state index is 0.0740. The van der Waals surface area contributed by atoms with E-state index in [1.165, 1.54) is 10.5 Å². The molecule has 4 heteroatoms. The average Bonchev–Trinajstić information content (AvgIpc) is 3.50. The first kappa shape index (κ1) is 19.7. The van der Waals surface area contributed by atoms with Gasteiger partial charge in [0.1, 0.15) is 5.75 Å². The van der Waals surface area contributed by atoms with Gasteiger partial charge in [0.05, 0.1) is 24.6 Å². The number of imide groups is 1. The van der Waals surface area contributed by atoms with E-state index in [0.29, 0.717) is 11.4 Å². The molecule has 33 heavy (non-hydrogen) atoms. The van der Waals surface area contributed by atoms with E-state index in [4.69, 9.17) is 4.74 Å². The number of carbonyl (C=O) groups excluding carboxylic acids is 2. The first-order valence-corrected chi connectivity index (χ1v) is 11.2. The molecule has 0 aromatic heterocycles. The zero-order valence-electron chi connectivity index (χ0n) is 18.2. The van der Waals surface area contributed by atoms with Crippen LogP contribution in [0.1, 0.15) is 11.1 Å². The minimum atomic E-state index is -0.355. The molecule has 0 unspecified atom stereocenters. The second-order valence-corrected chi connectivity index (χ2v) is 8.76. The topological polar surface area (TPSA) is 46.6 Å². The quantitative estimate of drug-likeness (QED) is 0.424. The molecule has 162 valence electrons. The van der Waals surface area contributed by atoms with Gasteiger partial charge in [-0.2, -0.15) is 0 Å². The Morgan fingerprint density at radius 2 is 1.18 bits per heavy atom. The van der Waals surface area contributed by atoms with E-state index in [9.17, 15) is 9.59 Å². The summed E-state index contributed by atoms with van der Waals surface area (Å²) in [6.45, 7) is 0. The summed E-state index contributed by atoms with van der Waals surface area (Å²) in [5.74, 6) is -0.375. The Hall–Kier alpha value is -3.92. The Bertz CT molecular complexity index is 1220. The number of benzene rings is 3. The number of ether oxygens (including phenoxy) is 1. The van der Waals surface area contributed by atoms with Crippen molar-refractivity contribution in [2.75, 3.05) is 12.0 Å². The molecule has 3 aromatic carbocycles. The lowest BCUT2D eigenvalue weighted by Crippen LogP contribution is -2.33. The van der Waals surface area contributed by atoms with Crippen LogP contribution in [-0.4, -0.2) is 18.9 Å². The van der Waals surface area contributed by atoms with Gasteiger partial charge in [0, 0.05) is 11.8 Å². The number of carbonyl (C=O) groups is 2. The lowest BCUT2D eigenvalue weighted by atomic mass is 9.85. The summed E-state index contributed by atoms with van der Waals surface area (Å²) in [6.07, 6.45) is 4.27. The Kier molecular flexibility index (Phi) is 4.54. The Morgan fingerprint density at radius 1 is 0.697 bits per heavy atom. The van der Waals surface area contributed by atoms with Gasteiger partial charge in [0.2, 0.25) is 11.8 Å². The lowest BCUT2D eigenvalue weighted by Gasteiger charge is -2.21. The van der Waals surface area contributed by atoms with E-state index in [2.05, 4.69) is 36.4 Å². The number of fused-ring (bicyclic) bond motifs is 5. The number of nitrogens with zero attached hydrogens (tertiary/aromatic N) is 1. The third-order valence-electron chi connectivity index (χ3n) is 7.16. The van der Waals surface area contributed by atoms with Crippen LogP contribution >= 0.6 is 0 Å². The molecule has 2 fully saturated rings. The second-order valence-electron chi connectivity index (χ2n) is 8.76. The molecule has 1 saturated heterocycles. The van der Waals surface area contributed by atoms with Gasteiger partial charge in [0.15, 0.2) is 0 Å². The number of rotatable bonds is 4. The van der Waals surface area contributed by atoms with Gasteiger partial charge in [-0.15, -0.1) is 0 Å². The molecule has 0 spiro atoms. The van der Waals surface area contributed by atoms with E-state index in [1.807, 2.05) is 36.4 Å². The molecule has 1 aliphatic heterocycles. The highest BCUT2D eigenvalue weighted by atomic mass is 16.5. The predicted octanol–water partition coefficient (Wildman–Crippen LogP) is 5.12. The van der Waals surface area contributed by atoms with Crippen molar-refractivity contribution in [3.8, 4) is 5.75 Å². The zero-order valence-corrected chi connectivity index (χ0v) is 18.2. The SMILES string of the molecule is COc1ccc(N2C(=O)[C@@H]3[C@@H](C2=O)[C@@H]2C=C[C@@H]3C2=C(c2ccccc2)c2ccccc2)cc1. The van der Waals surface area contributed by atoms with Crippen LogP contribution in [0.5, 0.6) is 5.75 Å². The number of hydrogen-bond donors (Lipinski definition) is 0. The minimum Gasteiger partial charge on any atom is -0.497 e. The summed E-state index contributed by atoms with van der Waals surface area (Å²) >= 11 is 0. The molecule has 1 saturated carbocycles. The van der Waals surface area contributed by atoms with Crippen molar-refractivity contribution in [2.45, 2.75) is 0 Å². The third-order valence-corrected chi connectivity index (χ3v) is 7.16. The summed E-state index contributed by atoms with van der Waals surface area (Å²) < 4.78 is 5.22. The van der Waals surface area contributed by atoms with E-state index in [-0.39, 0.29) is 35.5 Å². The van der Waals surface area contributed by atoms with Gasteiger partial charge >= 0.3 is 0 Å². The first-order valence-electron chi connectivity index (χ1n) is 11.2. The monoisotopic (exact) mass is 433 g/mol. The number of methoxy groups -OCH3 is 1. The fourth-order valence-electron chi connectivity index (χ4n) is 5.79. The fourth-order valence-corrected chi connectivity index (χ4v) is 5.79. The largest absolute Gasteiger partial charge is 0.497 e. The molecule has 0 radical (unpaired) electrons. The number of anilines is 1. The Labute approximate surface area is 192 Å². The smallest absolute Gasteiger partial charge is 0.238 e. The van der Waals surface area contributed by atoms with E-state index < -0.39 is 0 Å². The predicted molar refractivity (Wildman–Crippen MR) is 127 cm³/mol. The highest BCUT2D eigenvalue weighted by Crippen LogP contribution is 2.58. The molecule has 4 atom stereocenters. The fraction of sp³-hybridized carbons (Fsp3) is 0.172. The maximum atomic E-state index is 13.6. The van der Waals surface area contributed by atoms with Crippen molar-refractivity contribution in [3.63, 3.8) is 0 Å². The van der Waals surface area contributed by atoms with Gasteiger partial charge in [-0.05, 0) is 46.5 Å². The maximum Gasteiger partial charge on any atom is 0.238 e. The van der Waals surface area contributed by atoms with Gasteiger partial charge in [-0.3, -0.25) is 9.59 Å². The van der Waals surface area contributed by atoms with E-state index in [1.54, 1.807) is 31.4 Å². The summed E-state index contributed by atoms with van der Waals surface area (Å²) in [6, 6.07) is 27.7. The van der Waals surface area contributed by atoms with Crippen molar-refractivity contribution in [3.05, 3.63) is 114 Å². The van der Waals surface area contributed by atoms with Crippen molar-refractivity contribution < 1.29 is 14.3 Å². The third kappa shape index (κ3) is 2.91. The van der Waals surface area contributed by atoms with Crippen LogP contribution in [0.3, 0.4) is 0 Å². The molecule has 3 aliphatic rings. The standard InChI is InChI=1S/C29H23NO3/c1-33-21-14-12-20(13-15-21)30-28(31)26-22-16-17-23(27(26)29(30)32)25(22)24(18-8-4-2-5-9-18)19-10-6-3-7-11-19/h2-17,22-23,26-27H,1H3/t22-,23-,26+,27+/m1/s1. The van der Waals surface area contributed by atoms with Crippen molar-refractivity contribution in [1.82, 2.24) is 0 Å². The summed E-state index contributed by atoms with van der Waals surface area (Å²) in [4.78, 5) is 28.6. The molecule has 0 N–H and O–H groups in total. The van der Waals surface area contributed by atoms with Crippen molar-refractivity contribution >= 4 is 23.1 Å². The maximum absolute atomic E-state index is 13.6. The van der Waals surface area contributed by atoms with Crippen LogP contribution < -0.4 is 9.64 Å². The van der Waals surface area contributed by atoms with Crippen LogP contribution in [0.15, 0.2) is 103 Å². The molecular weight excluding hydrogens is 410 g/mol. The Balaban J connectivity index is 1.46. The number of amides is 2. The van der Waals surface area contributed by atoms with Crippen LogP contribution in [0, 0.1) is 23.7 Å². The molecule has 3 aromatic rings. The van der Waals surface area contributed by atoms with Crippen LogP contribution in [-0.2, 0) is 9.59 Å². The van der Waals surface area contributed by atoms with Crippen molar-refractivity contribution in [1.29, 1.82) is 0 Å². The molecule has 6 rings (SSSR count). The van der Waals surface area contributed by atoms with Gasteiger partial charge in [0.25, 0.3) is 0 Å². The summed E-state index contributed by atoms with van der Waals surface area (Å²) in [5.41, 5.74) is 5.17. The summed E-state index contributed by atoms with van der Waals surface area (Å²) in [7, 11) is 1.60. The van der Waals surface area contributed by atoms with Crippen LogP contribution in [0.2, 0.25) is 0 Å². The number of allylic oxidation sites excluding steroid dienone is 3. The highest BCUT2D eigenvalue weighted by molar-refractivity contribution is 6.23. The molecule has 4 nitrogen and oxygen atoms in total. The molecule has 2 bridgehead atoms. The average molecular weight is 434 g/mol. The van der Waals surface area contributed by atoms with Crippen LogP contribution in [0.4, 0.5) is 5.69 Å². The molecule has 1 heterocycles. The van der Waals surface area contributed by atoms with Crippen molar-refractivity contribution in [2.24, 2.45) is 23.7 Å². The van der Waals surface area contributed by atoms with Gasteiger partial charge < -0.3 is 4.74 Å². The number of hydrogen-bond acceptors (Lipinski definition) is 3. The zero-order chi connectivity index (χ0) is 22.5.